The normalized spacial score (nSPS) is 21.1. The number of amides is 1. The van der Waals surface area contributed by atoms with Crippen LogP contribution in [0.3, 0.4) is 0 Å². The van der Waals surface area contributed by atoms with Crippen molar-refractivity contribution in [2.45, 2.75) is 51.3 Å². The maximum absolute atomic E-state index is 12.4. The molecule has 1 atom stereocenters. The summed E-state index contributed by atoms with van der Waals surface area (Å²) in [5.74, 6) is 1.34. The predicted octanol–water partition coefficient (Wildman–Crippen LogP) is 2.08. The van der Waals surface area contributed by atoms with E-state index in [0.717, 1.165) is 25.1 Å². The molecule has 0 bridgehead atoms. The fraction of sp³-hybridized carbons (Fsp3) is 0.474. The lowest BCUT2D eigenvalue weighted by molar-refractivity contribution is -0.123. The van der Waals surface area contributed by atoms with Crippen LogP contribution in [0.25, 0.3) is 0 Å². The lowest BCUT2D eigenvalue weighted by atomic mass is 9.75. The molecular weight excluding hydrogens is 302 g/mol. The molecule has 1 heterocycles. The van der Waals surface area contributed by atoms with Crippen LogP contribution in [0.15, 0.2) is 42.7 Å². The second-order valence-electron chi connectivity index (χ2n) is 6.67. The van der Waals surface area contributed by atoms with E-state index in [9.17, 15) is 9.90 Å². The Hall–Kier alpha value is -2.14. The first kappa shape index (κ1) is 16.7. The molecule has 1 amide bonds. The van der Waals surface area contributed by atoms with Crippen LogP contribution >= 0.6 is 0 Å². The molecule has 0 radical (unpaired) electrons. The van der Waals surface area contributed by atoms with Crippen molar-refractivity contribution >= 4 is 5.91 Å². The number of aromatic nitrogens is 2. The molecule has 3 rings (SSSR count). The Morgan fingerprint density at radius 1 is 1.38 bits per heavy atom. The van der Waals surface area contributed by atoms with Crippen LogP contribution in [0.4, 0.5) is 0 Å². The summed E-state index contributed by atoms with van der Waals surface area (Å²) in [4.78, 5) is 16.5. The molecule has 2 aromatic rings. The molecule has 0 spiro atoms. The third-order valence-electron chi connectivity index (χ3n) is 4.87. The van der Waals surface area contributed by atoms with Crippen LogP contribution < -0.4 is 5.32 Å². The molecule has 5 nitrogen and oxygen atoms in total. The first-order valence-corrected chi connectivity index (χ1v) is 8.61. The third-order valence-corrected chi connectivity index (χ3v) is 4.87. The van der Waals surface area contributed by atoms with Crippen molar-refractivity contribution in [3.63, 3.8) is 0 Å². The fourth-order valence-electron chi connectivity index (χ4n) is 3.30. The third kappa shape index (κ3) is 4.23. The number of aliphatic hydroxyl groups excluding tert-OH is 1. The zero-order chi connectivity index (χ0) is 16.9. The molecule has 0 aliphatic heterocycles. The summed E-state index contributed by atoms with van der Waals surface area (Å²) in [5, 5.41) is 12.8. The molecule has 24 heavy (non-hydrogen) atoms. The Bertz CT molecular complexity index is 662. The molecular formula is C19H25N3O2. The molecule has 1 saturated carbocycles. The van der Waals surface area contributed by atoms with Gasteiger partial charge in [-0.05, 0) is 37.7 Å². The second kappa shape index (κ2) is 7.62. The number of hydrogen-bond donors (Lipinski definition) is 2. The molecule has 5 heteroatoms. The van der Waals surface area contributed by atoms with Gasteiger partial charge in [-0.1, -0.05) is 30.3 Å². The van der Waals surface area contributed by atoms with Crippen LogP contribution in [0, 0.1) is 12.8 Å². The number of aliphatic hydroxyl groups is 1. The maximum Gasteiger partial charge on any atom is 0.222 e. The van der Waals surface area contributed by atoms with Crippen molar-refractivity contribution in [2.24, 2.45) is 5.92 Å². The van der Waals surface area contributed by atoms with Gasteiger partial charge in [-0.25, -0.2) is 4.98 Å². The van der Waals surface area contributed by atoms with Crippen molar-refractivity contribution < 1.29 is 9.90 Å². The van der Waals surface area contributed by atoms with Crippen molar-refractivity contribution in [1.29, 1.82) is 0 Å². The van der Waals surface area contributed by atoms with E-state index < -0.39 is 0 Å². The molecule has 1 aliphatic rings. The van der Waals surface area contributed by atoms with Crippen molar-refractivity contribution in [2.75, 3.05) is 0 Å². The molecule has 2 N–H and O–H groups in total. The summed E-state index contributed by atoms with van der Waals surface area (Å²) in [6, 6.07) is 10.3. The van der Waals surface area contributed by atoms with Gasteiger partial charge in [0.15, 0.2) is 0 Å². The van der Waals surface area contributed by atoms with Gasteiger partial charge in [0, 0.05) is 31.4 Å². The van der Waals surface area contributed by atoms with Crippen molar-refractivity contribution in [1.82, 2.24) is 14.9 Å². The summed E-state index contributed by atoms with van der Waals surface area (Å²) in [6.45, 7) is 2.58. The van der Waals surface area contributed by atoms with Crippen LogP contribution in [0.2, 0.25) is 0 Å². The van der Waals surface area contributed by atoms with Crippen molar-refractivity contribution in [3.8, 4) is 0 Å². The van der Waals surface area contributed by atoms with Crippen LogP contribution in [0.5, 0.6) is 0 Å². The van der Waals surface area contributed by atoms with Crippen LogP contribution in [-0.2, 0) is 17.8 Å². The van der Waals surface area contributed by atoms with Gasteiger partial charge in [-0.2, -0.15) is 0 Å². The first-order chi connectivity index (χ1) is 11.6. The average Bonchev–Trinajstić information content (AvgIpc) is 2.95. The standard InChI is InChI=1S/C19H25N3O2/c1-14-20-8-10-22(14)9-7-19(24)21-18(16-12-17(23)13-16)11-15-5-3-2-4-6-15/h2-6,8,10,16-18,23H,7,9,11-13H2,1H3,(H,21,24). The van der Waals surface area contributed by atoms with E-state index in [4.69, 9.17) is 0 Å². The average molecular weight is 327 g/mol. The van der Waals surface area contributed by atoms with E-state index in [1.54, 1.807) is 6.20 Å². The van der Waals surface area contributed by atoms with E-state index in [1.165, 1.54) is 5.56 Å². The van der Waals surface area contributed by atoms with E-state index in [2.05, 4.69) is 22.4 Å². The number of hydrogen-bond acceptors (Lipinski definition) is 3. The minimum absolute atomic E-state index is 0.0606. The lowest BCUT2D eigenvalue weighted by Gasteiger charge is -2.38. The van der Waals surface area contributed by atoms with Crippen LogP contribution in [0.1, 0.15) is 30.7 Å². The number of nitrogens with one attached hydrogen (secondary N) is 1. The Kier molecular flexibility index (Phi) is 5.30. The highest BCUT2D eigenvalue weighted by Gasteiger charge is 2.34. The van der Waals surface area contributed by atoms with Crippen molar-refractivity contribution in [3.05, 3.63) is 54.1 Å². The first-order valence-electron chi connectivity index (χ1n) is 8.61. The van der Waals surface area contributed by atoms with Gasteiger partial charge in [0.2, 0.25) is 5.91 Å². The molecule has 1 fully saturated rings. The smallest absolute Gasteiger partial charge is 0.222 e. The topological polar surface area (TPSA) is 67.2 Å². The Labute approximate surface area is 142 Å². The Balaban J connectivity index is 1.56. The number of benzene rings is 1. The number of carbonyl (C=O) groups excluding carboxylic acids is 1. The summed E-state index contributed by atoms with van der Waals surface area (Å²) in [7, 11) is 0. The molecule has 128 valence electrons. The van der Waals surface area contributed by atoms with Gasteiger partial charge in [-0.15, -0.1) is 0 Å². The highest BCUT2D eigenvalue weighted by Crippen LogP contribution is 2.31. The van der Waals surface area contributed by atoms with E-state index >= 15 is 0 Å². The number of imidazole rings is 1. The lowest BCUT2D eigenvalue weighted by Crippen LogP contribution is -2.48. The monoisotopic (exact) mass is 327 g/mol. The SMILES string of the molecule is Cc1nccn1CCC(=O)NC(Cc1ccccc1)C1CC(O)C1. The molecule has 1 aromatic heterocycles. The van der Waals surface area contributed by atoms with E-state index in [0.29, 0.717) is 18.9 Å². The summed E-state index contributed by atoms with van der Waals surface area (Å²) in [5.41, 5.74) is 1.22. The Morgan fingerprint density at radius 3 is 2.75 bits per heavy atom. The second-order valence-corrected chi connectivity index (χ2v) is 6.67. The van der Waals surface area contributed by atoms with Gasteiger partial charge < -0.3 is 15.0 Å². The largest absolute Gasteiger partial charge is 0.393 e. The number of nitrogens with zero attached hydrogens (tertiary/aromatic N) is 2. The van der Waals surface area contributed by atoms with Gasteiger partial charge in [0.1, 0.15) is 5.82 Å². The molecule has 0 saturated heterocycles. The maximum atomic E-state index is 12.4. The molecule has 1 aliphatic carbocycles. The fourth-order valence-corrected chi connectivity index (χ4v) is 3.30. The number of carbonyl (C=O) groups is 1. The van der Waals surface area contributed by atoms with E-state index in [1.807, 2.05) is 35.9 Å². The Morgan fingerprint density at radius 2 is 2.12 bits per heavy atom. The van der Waals surface area contributed by atoms with Gasteiger partial charge in [-0.3, -0.25) is 4.79 Å². The highest BCUT2D eigenvalue weighted by molar-refractivity contribution is 5.76. The van der Waals surface area contributed by atoms with Crippen LogP contribution in [-0.4, -0.2) is 32.7 Å². The predicted molar refractivity (Wildman–Crippen MR) is 92.4 cm³/mol. The zero-order valence-electron chi connectivity index (χ0n) is 14.1. The summed E-state index contributed by atoms with van der Waals surface area (Å²) in [6.07, 6.45) is 6.25. The molecule has 1 aromatic carbocycles. The highest BCUT2D eigenvalue weighted by atomic mass is 16.3. The minimum atomic E-state index is -0.209. The quantitative estimate of drug-likeness (QED) is 0.818. The zero-order valence-corrected chi connectivity index (χ0v) is 14.1. The minimum Gasteiger partial charge on any atom is -0.393 e. The van der Waals surface area contributed by atoms with Gasteiger partial charge in [0.25, 0.3) is 0 Å². The number of rotatable bonds is 7. The number of aryl methyl sites for hydroxylation is 2. The summed E-state index contributed by atoms with van der Waals surface area (Å²) >= 11 is 0. The van der Waals surface area contributed by atoms with E-state index in [-0.39, 0.29) is 18.1 Å². The van der Waals surface area contributed by atoms with Gasteiger partial charge >= 0.3 is 0 Å². The molecule has 1 unspecified atom stereocenters. The summed E-state index contributed by atoms with van der Waals surface area (Å²) < 4.78 is 1.99. The van der Waals surface area contributed by atoms with Gasteiger partial charge in [0.05, 0.1) is 6.10 Å².